The third-order valence-corrected chi connectivity index (χ3v) is 3.20. The Balaban J connectivity index is 1.54. The topological polar surface area (TPSA) is 51.1 Å². The maximum Gasteiger partial charge on any atom is 0.0771 e. The molecule has 0 spiro atoms. The van der Waals surface area contributed by atoms with E-state index in [0.29, 0.717) is 12.1 Å². The predicted octanol–water partition coefficient (Wildman–Crippen LogP) is 0.446. The van der Waals surface area contributed by atoms with Crippen molar-refractivity contribution in [3.05, 3.63) is 12.4 Å². The zero-order chi connectivity index (χ0) is 10.8. The minimum Gasteiger partial charge on any atom is -0.377 e. The van der Waals surface area contributed by atoms with Gasteiger partial charge in [0.05, 0.1) is 30.6 Å². The number of aromatic nitrogens is 2. The first-order chi connectivity index (χ1) is 7.90. The fraction of sp³-hybridized carbons (Fsp3) is 0.727. The van der Waals surface area contributed by atoms with Crippen molar-refractivity contribution >= 4 is 5.69 Å². The van der Waals surface area contributed by atoms with Gasteiger partial charge in [-0.1, -0.05) is 0 Å². The summed E-state index contributed by atoms with van der Waals surface area (Å²) in [5, 5.41) is 11.0. The number of rotatable bonds is 4. The summed E-state index contributed by atoms with van der Waals surface area (Å²) in [6.07, 6.45) is 6.67. The van der Waals surface area contributed by atoms with Crippen molar-refractivity contribution in [3.63, 3.8) is 0 Å². The van der Waals surface area contributed by atoms with Crippen LogP contribution in [0, 0.1) is 0 Å². The molecule has 5 nitrogen and oxygen atoms in total. The van der Waals surface area contributed by atoms with Crippen LogP contribution in [0.25, 0.3) is 0 Å². The molecule has 2 fully saturated rings. The molecule has 0 aromatic carbocycles. The van der Waals surface area contributed by atoms with Crippen LogP contribution in [0.15, 0.2) is 12.4 Å². The third-order valence-electron chi connectivity index (χ3n) is 3.20. The standard InChI is InChI=1S/C11H18N4O/c1-2-11(16-3-1)8-15-7-10(6-13-15)14-9-4-12-5-9/h6-7,9,11-12,14H,1-5,8H2. The van der Waals surface area contributed by atoms with E-state index in [1.165, 1.54) is 6.42 Å². The van der Waals surface area contributed by atoms with Gasteiger partial charge in [-0.25, -0.2) is 0 Å². The lowest BCUT2D eigenvalue weighted by Crippen LogP contribution is -2.51. The second-order valence-electron chi connectivity index (χ2n) is 4.59. The molecule has 88 valence electrons. The highest BCUT2D eigenvalue weighted by molar-refractivity contribution is 5.40. The molecular weight excluding hydrogens is 204 g/mol. The van der Waals surface area contributed by atoms with Crippen molar-refractivity contribution in [1.82, 2.24) is 15.1 Å². The second-order valence-corrected chi connectivity index (χ2v) is 4.59. The predicted molar refractivity (Wildman–Crippen MR) is 61.5 cm³/mol. The van der Waals surface area contributed by atoms with Crippen LogP contribution in [0.4, 0.5) is 5.69 Å². The molecule has 0 bridgehead atoms. The molecule has 1 aromatic rings. The molecule has 1 aromatic heterocycles. The molecule has 16 heavy (non-hydrogen) atoms. The summed E-state index contributed by atoms with van der Waals surface area (Å²) in [6, 6.07) is 0.570. The fourth-order valence-electron chi connectivity index (χ4n) is 2.16. The van der Waals surface area contributed by atoms with Gasteiger partial charge in [0.15, 0.2) is 0 Å². The minimum atomic E-state index is 0.359. The summed E-state index contributed by atoms with van der Waals surface area (Å²) in [6.45, 7) is 3.89. The molecule has 0 saturated carbocycles. The summed E-state index contributed by atoms with van der Waals surface area (Å²) in [5.41, 5.74) is 1.12. The van der Waals surface area contributed by atoms with E-state index in [0.717, 1.165) is 38.3 Å². The van der Waals surface area contributed by atoms with E-state index in [2.05, 4.69) is 21.9 Å². The molecule has 2 saturated heterocycles. The lowest BCUT2D eigenvalue weighted by Gasteiger charge is -2.28. The van der Waals surface area contributed by atoms with E-state index in [9.17, 15) is 0 Å². The van der Waals surface area contributed by atoms with E-state index in [1.807, 2.05) is 10.9 Å². The van der Waals surface area contributed by atoms with Crippen molar-refractivity contribution in [1.29, 1.82) is 0 Å². The minimum absolute atomic E-state index is 0.359. The van der Waals surface area contributed by atoms with E-state index in [4.69, 9.17) is 4.74 Å². The Morgan fingerprint density at radius 2 is 2.50 bits per heavy atom. The van der Waals surface area contributed by atoms with Crippen LogP contribution in [0.5, 0.6) is 0 Å². The number of hydrogen-bond donors (Lipinski definition) is 2. The van der Waals surface area contributed by atoms with Gasteiger partial charge in [-0.2, -0.15) is 5.10 Å². The van der Waals surface area contributed by atoms with Crippen LogP contribution < -0.4 is 10.6 Å². The Kier molecular flexibility index (Phi) is 2.80. The molecule has 1 unspecified atom stereocenters. The first-order valence-corrected chi connectivity index (χ1v) is 6.01. The van der Waals surface area contributed by atoms with Crippen molar-refractivity contribution < 1.29 is 4.74 Å². The molecule has 1 atom stereocenters. The lowest BCUT2D eigenvalue weighted by atomic mass is 10.2. The Morgan fingerprint density at radius 1 is 1.56 bits per heavy atom. The molecule has 0 radical (unpaired) electrons. The Labute approximate surface area is 95.2 Å². The Hall–Kier alpha value is -1.07. The van der Waals surface area contributed by atoms with Crippen LogP contribution in [-0.2, 0) is 11.3 Å². The van der Waals surface area contributed by atoms with E-state index >= 15 is 0 Å². The monoisotopic (exact) mass is 222 g/mol. The van der Waals surface area contributed by atoms with Gasteiger partial charge in [-0.15, -0.1) is 0 Å². The van der Waals surface area contributed by atoms with Gasteiger partial charge < -0.3 is 15.4 Å². The smallest absolute Gasteiger partial charge is 0.0771 e. The number of ether oxygens (including phenoxy) is 1. The van der Waals surface area contributed by atoms with E-state index in [1.54, 1.807) is 0 Å². The van der Waals surface area contributed by atoms with E-state index < -0.39 is 0 Å². The van der Waals surface area contributed by atoms with Crippen LogP contribution >= 0.6 is 0 Å². The molecule has 3 rings (SSSR count). The van der Waals surface area contributed by atoms with Crippen LogP contribution in [0.1, 0.15) is 12.8 Å². The van der Waals surface area contributed by atoms with Crippen molar-refractivity contribution in [2.75, 3.05) is 25.0 Å². The summed E-state index contributed by atoms with van der Waals surface area (Å²) in [7, 11) is 0. The molecule has 5 heteroatoms. The summed E-state index contributed by atoms with van der Waals surface area (Å²) >= 11 is 0. The zero-order valence-corrected chi connectivity index (χ0v) is 9.35. The molecule has 3 heterocycles. The molecule has 2 aliphatic rings. The van der Waals surface area contributed by atoms with Gasteiger partial charge in [0.2, 0.25) is 0 Å². The van der Waals surface area contributed by atoms with Crippen molar-refractivity contribution in [3.8, 4) is 0 Å². The summed E-state index contributed by atoms with van der Waals surface area (Å²) in [4.78, 5) is 0. The quantitative estimate of drug-likeness (QED) is 0.776. The maximum atomic E-state index is 5.59. The van der Waals surface area contributed by atoms with Gasteiger partial charge in [0.1, 0.15) is 0 Å². The number of nitrogens with zero attached hydrogens (tertiary/aromatic N) is 2. The van der Waals surface area contributed by atoms with Gasteiger partial charge in [0, 0.05) is 25.9 Å². The highest BCUT2D eigenvalue weighted by Gasteiger charge is 2.18. The molecule has 2 aliphatic heterocycles. The summed E-state index contributed by atoms with van der Waals surface area (Å²) in [5.74, 6) is 0. The largest absolute Gasteiger partial charge is 0.377 e. The van der Waals surface area contributed by atoms with Gasteiger partial charge in [0.25, 0.3) is 0 Å². The first kappa shape index (κ1) is 10.1. The Morgan fingerprint density at radius 3 is 3.19 bits per heavy atom. The fourth-order valence-corrected chi connectivity index (χ4v) is 2.16. The van der Waals surface area contributed by atoms with E-state index in [-0.39, 0.29) is 0 Å². The lowest BCUT2D eigenvalue weighted by molar-refractivity contribution is 0.0940. The number of anilines is 1. The highest BCUT2D eigenvalue weighted by atomic mass is 16.5. The molecule has 0 amide bonds. The normalized spacial score (nSPS) is 25.6. The third kappa shape index (κ3) is 2.20. The SMILES string of the molecule is c1nn(CC2CCCO2)cc1NC1CNC1. The maximum absolute atomic E-state index is 5.59. The highest BCUT2D eigenvalue weighted by Crippen LogP contribution is 2.15. The average Bonchev–Trinajstić information content (AvgIpc) is 2.84. The first-order valence-electron chi connectivity index (χ1n) is 6.01. The van der Waals surface area contributed by atoms with Gasteiger partial charge in [-0.3, -0.25) is 4.68 Å². The van der Waals surface area contributed by atoms with Gasteiger partial charge >= 0.3 is 0 Å². The number of hydrogen-bond acceptors (Lipinski definition) is 4. The number of nitrogens with one attached hydrogen (secondary N) is 2. The van der Waals surface area contributed by atoms with Crippen molar-refractivity contribution in [2.45, 2.75) is 31.5 Å². The van der Waals surface area contributed by atoms with Crippen molar-refractivity contribution in [2.24, 2.45) is 0 Å². The summed E-state index contributed by atoms with van der Waals surface area (Å²) < 4.78 is 7.56. The van der Waals surface area contributed by atoms with Crippen LogP contribution in [0.2, 0.25) is 0 Å². The molecule has 2 N–H and O–H groups in total. The Bertz CT molecular complexity index is 342. The zero-order valence-electron chi connectivity index (χ0n) is 9.35. The average molecular weight is 222 g/mol. The van der Waals surface area contributed by atoms with Crippen LogP contribution in [-0.4, -0.2) is 41.6 Å². The molecular formula is C11H18N4O. The second kappa shape index (κ2) is 4.43. The molecule has 0 aliphatic carbocycles. The van der Waals surface area contributed by atoms with Crippen LogP contribution in [0.3, 0.4) is 0 Å². The van der Waals surface area contributed by atoms with Gasteiger partial charge in [-0.05, 0) is 12.8 Å².